The van der Waals surface area contributed by atoms with Crippen molar-refractivity contribution in [2.75, 3.05) is 5.32 Å². The number of benzene rings is 1. The predicted molar refractivity (Wildman–Crippen MR) is 76.1 cm³/mol. The molecule has 4 heteroatoms. The predicted octanol–water partition coefficient (Wildman–Crippen LogP) is 2.94. The van der Waals surface area contributed by atoms with Crippen molar-refractivity contribution in [1.29, 1.82) is 5.26 Å². The van der Waals surface area contributed by atoms with Gasteiger partial charge in [0.25, 0.3) is 0 Å². The van der Waals surface area contributed by atoms with Gasteiger partial charge in [0.1, 0.15) is 5.78 Å². The van der Waals surface area contributed by atoms with Gasteiger partial charge in [-0.1, -0.05) is 25.1 Å². The lowest BCUT2D eigenvalue weighted by Crippen LogP contribution is -2.31. The number of anilines is 1. The van der Waals surface area contributed by atoms with Crippen LogP contribution in [0.5, 0.6) is 0 Å². The van der Waals surface area contributed by atoms with Crippen molar-refractivity contribution in [3.63, 3.8) is 0 Å². The number of nitrogens with one attached hydrogen (secondary N) is 1. The highest BCUT2D eigenvalue weighted by molar-refractivity contribution is 5.91. The second kappa shape index (κ2) is 5.87. The molecule has 0 radical (unpaired) electrons. The number of hydrogen-bond donors (Lipinski definition) is 1. The van der Waals surface area contributed by atoms with Crippen LogP contribution in [0.3, 0.4) is 0 Å². The van der Waals surface area contributed by atoms with Crippen molar-refractivity contribution < 1.29 is 9.59 Å². The second-order valence-electron chi connectivity index (χ2n) is 5.18. The zero-order valence-corrected chi connectivity index (χ0v) is 11.6. The minimum Gasteiger partial charge on any atom is -0.326 e. The zero-order valence-electron chi connectivity index (χ0n) is 11.6. The summed E-state index contributed by atoms with van der Waals surface area (Å²) in [6, 6.07) is 9.79. The Balaban J connectivity index is 2.38. The van der Waals surface area contributed by atoms with E-state index in [0.717, 1.165) is 5.56 Å². The van der Waals surface area contributed by atoms with Crippen LogP contribution in [0, 0.1) is 11.3 Å². The van der Waals surface area contributed by atoms with Crippen molar-refractivity contribution >= 4 is 17.4 Å². The van der Waals surface area contributed by atoms with E-state index in [2.05, 4.69) is 11.4 Å². The molecule has 0 heterocycles. The molecule has 4 nitrogen and oxygen atoms in total. The van der Waals surface area contributed by atoms with Gasteiger partial charge in [-0.15, -0.1) is 0 Å². The summed E-state index contributed by atoms with van der Waals surface area (Å²) in [5.41, 5.74) is 0.859. The van der Waals surface area contributed by atoms with Crippen molar-refractivity contribution in [3.05, 3.63) is 29.8 Å². The largest absolute Gasteiger partial charge is 0.326 e. The van der Waals surface area contributed by atoms with Crippen LogP contribution >= 0.6 is 0 Å². The molecule has 1 aromatic carbocycles. The molecule has 1 aliphatic rings. The van der Waals surface area contributed by atoms with Crippen LogP contribution in [0.1, 0.15) is 44.6 Å². The number of amides is 1. The van der Waals surface area contributed by atoms with Gasteiger partial charge in [0.15, 0.2) is 0 Å². The molecule has 1 aliphatic carbocycles. The van der Waals surface area contributed by atoms with Crippen molar-refractivity contribution in [2.24, 2.45) is 0 Å². The van der Waals surface area contributed by atoms with Gasteiger partial charge < -0.3 is 5.32 Å². The molecule has 2 rings (SSSR count). The molecule has 1 fully saturated rings. The van der Waals surface area contributed by atoms with Crippen LogP contribution in [0.4, 0.5) is 5.69 Å². The molecular weight excluding hydrogens is 252 g/mol. The summed E-state index contributed by atoms with van der Waals surface area (Å²) in [7, 11) is 0. The maximum absolute atomic E-state index is 11.6. The molecule has 0 bridgehead atoms. The van der Waals surface area contributed by atoms with E-state index in [1.807, 2.05) is 24.3 Å². The highest BCUT2D eigenvalue weighted by atomic mass is 16.1. The summed E-state index contributed by atoms with van der Waals surface area (Å²) in [5, 5.41) is 12.5. The molecule has 0 atom stereocenters. The number of nitrogens with zero attached hydrogens (tertiary/aromatic N) is 1. The molecule has 1 N–H and O–H groups in total. The van der Waals surface area contributed by atoms with E-state index < -0.39 is 5.41 Å². The summed E-state index contributed by atoms with van der Waals surface area (Å²) < 4.78 is 0. The Labute approximate surface area is 118 Å². The highest BCUT2D eigenvalue weighted by Gasteiger charge is 2.38. The molecule has 1 saturated carbocycles. The monoisotopic (exact) mass is 270 g/mol. The van der Waals surface area contributed by atoms with E-state index in [1.165, 1.54) is 0 Å². The first-order valence-electron chi connectivity index (χ1n) is 6.93. The van der Waals surface area contributed by atoms with Crippen LogP contribution in [0.25, 0.3) is 0 Å². The van der Waals surface area contributed by atoms with Crippen LogP contribution in [-0.4, -0.2) is 11.7 Å². The van der Waals surface area contributed by atoms with Crippen molar-refractivity contribution in [3.8, 4) is 6.07 Å². The summed E-state index contributed by atoms with van der Waals surface area (Å²) in [6.45, 7) is 1.79. The minimum absolute atomic E-state index is 0.0718. The average Bonchev–Trinajstić information content (AvgIpc) is 2.49. The quantitative estimate of drug-likeness (QED) is 0.918. The van der Waals surface area contributed by atoms with Gasteiger partial charge in [0.2, 0.25) is 5.91 Å². The van der Waals surface area contributed by atoms with Gasteiger partial charge in [-0.2, -0.15) is 5.26 Å². The zero-order chi connectivity index (χ0) is 14.6. The lowest BCUT2D eigenvalue weighted by atomic mass is 9.69. The number of rotatable bonds is 3. The smallest absolute Gasteiger partial charge is 0.224 e. The van der Waals surface area contributed by atoms with Crippen LogP contribution in [-0.2, 0) is 15.0 Å². The summed E-state index contributed by atoms with van der Waals surface area (Å²) >= 11 is 0. The Hall–Kier alpha value is -2.15. The Kier molecular flexibility index (Phi) is 4.19. The summed E-state index contributed by atoms with van der Waals surface area (Å²) in [5.74, 6) is 0.142. The lowest BCUT2D eigenvalue weighted by Gasteiger charge is -2.32. The Morgan fingerprint density at radius 3 is 2.60 bits per heavy atom. The molecule has 0 spiro atoms. The fraction of sp³-hybridized carbons (Fsp3) is 0.438. The fourth-order valence-corrected chi connectivity index (χ4v) is 2.64. The summed E-state index contributed by atoms with van der Waals surface area (Å²) in [4.78, 5) is 23.0. The first-order valence-corrected chi connectivity index (χ1v) is 6.93. The molecule has 0 unspecified atom stereocenters. The number of carbonyl (C=O) groups is 2. The SMILES string of the molecule is CCC(=O)Nc1ccccc1C1(C#N)CCC(=O)CC1. The minimum atomic E-state index is -0.661. The molecule has 1 aromatic rings. The van der Waals surface area contributed by atoms with E-state index >= 15 is 0 Å². The number of ketones is 1. The van der Waals surface area contributed by atoms with E-state index in [9.17, 15) is 14.9 Å². The highest BCUT2D eigenvalue weighted by Crippen LogP contribution is 2.41. The summed E-state index contributed by atoms with van der Waals surface area (Å²) in [6.07, 6.45) is 2.32. The Morgan fingerprint density at radius 2 is 2.00 bits per heavy atom. The molecule has 104 valence electrons. The average molecular weight is 270 g/mol. The van der Waals surface area contributed by atoms with E-state index in [4.69, 9.17) is 0 Å². The van der Waals surface area contributed by atoms with Gasteiger partial charge in [-0.05, 0) is 24.5 Å². The maximum atomic E-state index is 11.6. The number of hydrogen-bond acceptors (Lipinski definition) is 3. The number of Topliss-reactive ketones (excluding diaryl/α,β-unsaturated/α-hetero) is 1. The van der Waals surface area contributed by atoms with Crippen LogP contribution < -0.4 is 5.32 Å². The maximum Gasteiger partial charge on any atom is 0.224 e. The second-order valence-corrected chi connectivity index (χ2v) is 5.18. The van der Waals surface area contributed by atoms with Gasteiger partial charge >= 0.3 is 0 Å². The van der Waals surface area contributed by atoms with Crippen molar-refractivity contribution in [2.45, 2.75) is 44.4 Å². The van der Waals surface area contributed by atoms with Gasteiger partial charge in [0, 0.05) is 24.9 Å². The molecule has 20 heavy (non-hydrogen) atoms. The van der Waals surface area contributed by atoms with E-state index in [0.29, 0.717) is 37.8 Å². The molecule has 0 aromatic heterocycles. The van der Waals surface area contributed by atoms with E-state index in [1.54, 1.807) is 6.92 Å². The molecule has 0 saturated heterocycles. The first-order chi connectivity index (χ1) is 9.61. The molecular formula is C16H18N2O2. The third kappa shape index (κ3) is 2.72. The topological polar surface area (TPSA) is 70.0 Å². The first kappa shape index (κ1) is 14.3. The van der Waals surface area contributed by atoms with Crippen molar-refractivity contribution in [1.82, 2.24) is 0 Å². The van der Waals surface area contributed by atoms with Gasteiger partial charge in [-0.25, -0.2) is 0 Å². The molecule has 1 amide bonds. The van der Waals surface area contributed by atoms with E-state index in [-0.39, 0.29) is 11.7 Å². The third-order valence-electron chi connectivity index (χ3n) is 3.91. The molecule has 0 aliphatic heterocycles. The lowest BCUT2D eigenvalue weighted by molar-refractivity contribution is -0.121. The normalized spacial score (nSPS) is 17.3. The Bertz CT molecular complexity index is 562. The number of nitriles is 1. The van der Waals surface area contributed by atoms with Crippen LogP contribution in [0.15, 0.2) is 24.3 Å². The number of carbonyl (C=O) groups excluding carboxylic acids is 2. The van der Waals surface area contributed by atoms with Gasteiger partial charge in [0.05, 0.1) is 11.5 Å². The van der Waals surface area contributed by atoms with Crippen LogP contribution in [0.2, 0.25) is 0 Å². The Morgan fingerprint density at radius 1 is 1.35 bits per heavy atom. The third-order valence-corrected chi connectivity index (χ3v) is 3.91. The van der Waals surface area contributed by atoms with Gasteiger partial charge in [-0.3, -0.25) is 9.59 Å². The standard InChI is InChI=1S/C16H18N2O2/c1-2-15(20)18-14-6-4-3-5-13(14)16(11-17)9-7-12(19)8-10-16/h3-6H,2,7-10H2,1H3,(H,18,20). The fourth-order valence-electron chi connectivity index (χ4n) is 2.64. The number of para-hydroxylation sites is 1.